The van der Waals surface area contributed by atoms with Crippen molar-refractivity contribution in [1.82, 2.24) is 15.5 Å². The summed E-state index contributed by atoms with van der Waals surface area (Å²) in [6.45, 7) is 4.33. The Bertz CT molecular complexity index is 661. The highest BCUT2D eigenvalue weighted by molar-refractivity contribution is 14.0. The fourth-order valence-electron chi connectivity index (χ4n) is 2.61. The normalized spacial score (nSPS) is 12.4. The number of likely N-dealkylation sites (N-methyl/N-ethyl adjacent to an activating group) is 1. The smallest absolute Gasteiger partial charge is 0.191 e. The molecule has 0 bridgehead atoms. The molecule has 0 amide bonds. The summed E-state index contributed by atoms with van der Waals surface area (Å²) < 4.78 is 5.53. The van der Waals surface area contributed by atoms with Crippen molar-refractivity contribution in [1.29, 1.82) is 0 Å². The first-order chi connectivity index (χ1) is 12.2. The maximum absolute atomic E-state index is 5.53. The first-order valence-electron chi connectivity index (χ1n) is 8.49. The molecule has 0 spiro atoms. The molecule has 0 saturated carbocycles. The largest absolute Gasteiger partial charge is 0.496 e. The number of ether oxygens (including phenoxy) is 1. The second kappa shape index (κ2) is 12.1. The zero-order chi connectivity index (χ0) is 18.1. The van der Waals surface area contributed by atoms with E-state index in [9.17, 15) is 0 Å². The van der Waals surface area contributed by atoms with Gasteiger partial charge >= 0.3 is 0 Å². The summed E-state index contributed by atoms with van der Waals surface area (Å²) >= 11 is 1.73. The lowest BCUT2D eigenvalue weighted by Gasteiger charge is -2.27. The molecule has 0 aliphatic heterocycles. The van der Waals surface area contributed by atoms with E-state index >= 15 is 0 Å². The van der Waals surface area contributed by atoms with E-state index in [1.807, 2.05) is 18.2 Å². The maximum atomic E-state index is 5.53. The molecule has 0 aliphatic rings. The van der Waals surface area contributed by atoms with Crippen molar-refractivity contribution in [2.45, 2.75) is 19.5 Å². The van der Waals surface area contributed by atoms with Crippen molar-refractivity contribution in [2.75, 3.05) is 34.3 Å². The second-order valence-electron chi connectivity index (χ2n) is 5.88. The molecule has 1 aromatic heterocycles. The fraction of sp³-hybridized carbons (Fsp3) is 0.421. The Morgan fingerprint density at radius 2 is 1.96 bits per heavy atom. The number of thiophene rings is 1. The molecule has 5 nitrogen and oxygen atoms in total. The van der Waals surface area contributed by atoms with Crippen LogP contribution in [0.4, 0.5) is 0 Å². The first kappa shape index (κ1) is 22.7. The summed E-state index contributed by atoms with van der Waals surface area (Å²) in [5.41, 5.74) is 1.16. The molecule has 0 radical (unpaired) electrons. The number of hydrogen-bond acceptors (Lipinski definition) is 4. The van der Waals surface area contributed by atoms with Crippen LogP contribution in [0.15, 0.2) is 46.8 Å². The number of aliphatic imine (C=N–C) groups is 1. The van der Waals surface area contributed by atoms with E-state index in [4.69, 9.17) is 4.74 Å². The number of para-hydroxylation sites is 1. The Morgan fingerprint density at radius 3 is 2.58 bits per heavy atom. The highest BCUT2D eigenvalue weighted by Crippen LogP contribution is 2.27. The number of benzene rings is 1. The third kappa shape index (κ3) is 6.77. The van der Waals surface area contributed by atoms with Crippen LogP contribution in [0.3, 0.4) is 0 Å². The van der Waals surface area contributed by atoms with Crippen LogP contribution in [-0.2, 0) is 6.54 Å². The zero-order valence-corrected chi connectivity index (χ0v) is 19.0. The van der Waals surface area contributed by atoms with Crippen LogP contribution in [0, 0.1) is 0 Å². The van der Waals surface area contributed by atoms with E-state index in [2.05, 4.69) is 65.1 Å². The molecular weight excluding hydrogens is 459 g/mol. The van der Waals surface area contributed by atoms with Gasteiger partial charge in [0, 0.05) is 23.5 Å². The van der Waals surface area contributed by atoms with Gasteiger partial charge in [-0.25, -0.2) is 4.99 Å². The van der Waals surface area contributed by atoms with Gasteiger partial charge in [-0.1, -0.05) is 24.3 Å². The number of guanidine groups is 1. The molecule has 7 heteroatoms. The third-order valence-corrected chi connectivity index (χ3v) is 4.76. The van der Waals surface area contributed by atoms with Gasteiger partial charge in [-0.2, -0.15) is 0 Å². The van der Waals surface area contributed by atoms with E-state index < -0.39 is 0 Å². The summed E-state index contributed by atoms with van der Waals surface area (Å²) in [6.07, 6.45) is 0. The SMILES string of the molecule is CCNC(=NCc1cccs1)NCC(c1ccccc1OC)N(C)C.I. The molecule has 1 aromatic carbocycles. The van der Waals surface area contributed by atoms with Gasteiger partial charge in [-0.05, 0) is 38.5 Å². The number of nitrogens with zero attached hydrogens (tertiary/aromatic N) is 2. The monoisotopic (exact) mass is 488 g/mol. The average Bonchev–Trinajstić information content (AvgIpc) is 3.13. The number of nitrogens with one attached hydrogen (secondary N) is 2. The molecule has 1 atom stereocenters. The highest BCUT2D eigenvalue weighted by Gasteiger charge is 2.18. The summed E-state index contributed by atoms with van der Waals surface area (Å²) in [7, 11) is 5.87. The van der Waals surface area contributed by atoms with Crippen molar-refractivity contribution < 1.29 is 4.74 Å². The van der Waals surface area contributed by atoms with Gasteiger partial charge in [0.15, 0.2) is 5.96 Å². The summed E-state index contributed by atoms with van der Waals surface area (Å²) in [5, 5.41) is 8.85. The van der Waals surface area contributed by atoms with Crippen LogP contribution in [0.25, 0.3) is 0 Å². The van der Waals surface area contributed by atoms with Gasteiger partial charge < -0.3 is 20.3 Å². The second-order valence-corrected chi connectivity index (χ2v) is 6.91. The first-order valence-corrected chi connectivity index (χ1v) is 9.37. The summed E-state index contributed by atoms with van der Waals surface area (Å²) in [4.78, 5) is 8.12. The number of rotatable bonds is 8. The Hall–Kier alpha value is -1.32. The lowest BCUT2D eigenvalue weighted by Crippen LogP contribution is -2.41. The van der Waals surface area contributed by atoms with Crippen LogP contribution in [0.2, 0.25) is 0 Å². The quantitative estimate of drug-likeness (QED) is 0.338. The third-order valence-electron chi connectivity index (χ3n) is 3.90. The predicted molar refractivity (Wildman–Crippen MR) is 122 cm³/mol. The highest BCUT2D eigenvalue weighted by atomic mass is 127. The Labute approximate surface area is 177 Å². The van der Waals surface area contributed by atoms with Crippen LogP contribution >= 0.6 is 35.3 Å². The van der Waals surface area contributed by atoms with Gasteiger partial charge in [-0.15, -0.1) is 35.3 Å². The van der Waals surface area contributed by atoms with E-state index in [1.165, 1.54) is 4.88 Å². The minimum atomic E-state index is 0. The van der Waals surface area contributed by atoms with Gasteiger partial charge in [0.25, 0.3) is 0 Å². The van der Waals surface area contributed by atoms with Crippen LogP contribution in [-0.4, -0.2) is 45.2 Å². The molecule has 144 valence electrons. The molecule has 0 fully saturated rings. The predicted octanol–water partition coefficient (Wildman–Crippen LogP) is 3.73. The summed E-state index contributed by atoms with van der Waals surface area (Å²) in [5.74, 6) is 1.74. The minimum Gasteiger partial charge on any atom is -0.496 e. The van der Waals surface area contributed by atoms with Gasteiger partial charge in [0.2, 0.25) is 0 Å². The molecule has 2 aromatic rings. The van der Waals surface area contributed by atoms with Crippen LogP contribution in [0.1, 0.15) is 23.4 Å². The summed E-state index contributed by atoms with van der Waals surface area (Å²) in [6, 6.07) is 12.5. The molecule has 2 N–H and O–H groups in total. The van der Waals surface area contributed by atoms with E-state index in [-0.39, 0.29) is 30.0 Å². The van der Waals surface area contributed by atoms with Crippen molar-refractivity contribution in [3.8, 4) is 5.75 Å². The number of hydrogen-bond donors (Lipinski definition) is 2. The standard InChI is InChI=1S/C19H28N4OS.HI/c1-5-20-19(21-13-15-9-8-12-25-15)22-14-17(23(2)3)16-10-6-7-11-18(16)24-4;/h6-12,17H,5,13-14H2,1-4H3,(H2,20,21,22);1H. The molecule has 1 heterocycles. The van der Waals surface area contributed by atoms with E-state index in [0.717, 1.165) is 30.4 Å². The van der Waals surface area contributed by atoms with Crippen molar-refractivity contribution in [3.63, 3.8) is 0 Å². The topological polar surface area (TPSA) is 48.9 Å². The average molecular weight is 488 g/mol. The fourth-order valence-corrected chi connectivity index (χ4v) is 3.24. The van der Waals surface area contributed by atoms with Gasteiger partial charge in [0.1, 0.15) is 5.75 Å². The molecule has 0 saturated heterocycles. The maximum Gasteiger partial charge on any atom is 0.191 e. The van der Waals surface area contributed by atoms with E-state index in [0.29, 0.717) is 6.54 Å². The molecule has 1 unspecified atom stereocenters. The molecule has 2 rings (SSSR count). The molecule has 26 heavy (non-hydrogen) atoms. The number of methoxy groups -OCH3 is 1. The minimum absolute atomic E-state index is 0. The Kier molecular flexibility index (Phi) is 10.6. The van der Waals surface area contributed by atoms with Crippen LogP contribution < -0.4 is 15.4 Å². The Balaban J connectivity index is 0.00000338. The number of halogens is 1. The van der Waals surface area contributed by atoms with Crippen molar-refractivity contribution in [2.24, 2.45) is 4.99 Å². The molecular formula is C19H29IN4OS. The lowest BCUT2D eigenvalue weighted by molar-refractivity contribution is 0.287. The lowest BCUT2D eigenvalue weighted by atomic mass is 10.0. The van der Waals surface area contributed by atoms with Crippen molar-refractivity contribution >= 4 is 41.3 Å². The van der Waals surface area contributed by atoms with Gasteiger partial charge in [-0.3, -0.25) is 0 Å². The molecule has 0 aliphatic carbocycles. The van der Waals surface area contributed by atoms with Crippen molar-refractivity contribution in [3.05, 3.63) is 52.2 Å². The van der Waals surface area contributed by atoms with Crippen LogP contribution in [0.5, 0.6) is 5.75 Å². The van der Waals surface area contributed by atoms with E-state index in [1.54, 1.807) is 18.4 Å². The Morgan fingerprint density at radius 1 is 1.19 bits per heavy atom. The zero-order valence-electron chi connectivity index (χ0n) is 15.9. The van der Waals surface area contributed by atoms with Gasteiger partial charge in [0.05, 0.1) is 19.7 Å².